The van der Waals surface area contributed by atoms with Crippen molar-refractivity contribution < 1.29 is 9.47 Å². The molecule has 0 saturated carbocycles. The Hall–Kier alpha value is -2.10. The standard InChI is InChI=1S/C11H10N2O2/c1-2-4-10-11(15-8-7-14-10)9-5-3-6-12-13-9/h2-3,5-8H,1,4H2. The Morgan fingerprint density at radius 2 is 2.20 bits per heavy atom. The minimum Gasteiger partial charge on any atom is -0.462 e. The lowest BCUT2D eigenvalue weighted by atomic mass is 10.2. The summed E-state index contributed by atoms with van der Waals surface area (Å²) in [7, 11) is 0. The first kappa shape index (κ1) is 9.45. The van der Waals surface area contributed by atoms with Crippen molar-refractivity contribution in [2.45, 2.75) is 6.42 Å². The smallest absolute Gasteiger partial charge is 0.192 e. The Kier molecular flexibility index (Phi) is 2.78. The van der Waals surface area contributed by atoms with Crippen molar-refractivity contribution in [3.8, 4) is 0 Å². The van der Waals surface area contributed by atoms with Gasteiger partial charge in [0.1, 0.15) is 18.2 Å². The fourth-order valence-corrected chi connectivity index (χ4v) is 1.22. The summed E-state index contributed by atoms with van der Waals surface area (Å²) in [5, 5.41) is 7.74. The van der Waals surface area contributed by atoms with Crippen molar-refractivity contribution in [2.24, 2.45) is 0 Å². The summed E-state index contributed by atoms with van der Waals surface area (Å²) in [5.41, 5.74) is 0.652. The second kappa shape index (κ2) is 4.41. The zero-order chi connectivity index (χ0) is 10.5. The highest BCUT2D eigenvalue weighted by molar-refractivity contribution is 5.59. The highest BCUT2D eigenvalue weighted by atomic mass is 16.5. The molecular weight excluding hydrogens is 192 g/mol. The molecule has 0 atom stereocenters. The summed E-state index contributed by atoms with van der Waals surface area (Å²) in [4.78, 5) is 0. The zero-order valence-corrected chi connectivity index (χ0v) is 8.09. The normalized spacial score (nSPS) is 14.4. The van der Waals surface area contributed by atoms with Crippen molar-refractivity contribution in [2.75, 3.05) is 0 Å². The van der Waals surface area contributed by atoms with E-state index in [0.717, 1.165) is 0 Å². The van der Waals surface area contributed by atoms with E-state index in [1.165, 1.54) is 12.5 Å². The average molecular weight is 202 g/mol. The minimum atomic E-state index is 0.588. The predicted molar refractivity (Wildman–Crippen MR) is 55.1 cm³/mol. The molecule has 0 spiro atoms. The summed E-state index contributed by atoms with van der Waals surface area (Å²) >= 11 is 0. The fraction of sp³-hybridized carbons (Fsp3) is 0.0909. The molecule has 0 aliphatic carbocycles. The third-order valence-electron chi connectivity index (χ3n) is 1.84. The van der Waals surface area contributed by atoms with Crippen LogP contribution in [0.25, 0.3) is 5.76 Å². The van der Waals surface area contributed by atoms with Crippen LogP contribution in [-0.2, 0) is 9.47 Å². The van der Waals surface area contributed by atoms with Gasteiger partial charge in [0, 0.05) is 12.6 Å². The topological polar surface area (TPSA) is 44.2 Å². The first-order chi connectivity index (χ1) is 7.42. The van der Waals surface area contributed by atoms with E-state index in [2.05, 4.69) is 16.8 Å². The van der Waals surface area contributed by atoms with Gasteiger partial charge in [0.2, 0.25) is 0 Å². The summed E-state index contributed by atoms with van der Waals surface area (Å²) in [6, 6.07) is 3.61. The maximum absolute atomic E-state index is 5.35. The summed E-state index contributed by atoms with van der Waals surface area (Å²) in [6.07, 6.45) is 6.90. The lowest BCUT2D eigenvalue weighted by Crippen LogP contribution is -2.02. The van der Waals surface area contributed by atoms with Crippen LogP contribution < -0.4 is 0 Å². The molecule has 0 fully saturated rings. The summed E-state index contributed by atoms with van der Waals surface area (Å²) in [6.45, 7) is 3.65. The van der Waals surface area contributed by atoms with Crippen LogP contribution in [0.2, 0.25) is 0 Å². The molecule has 1 aromatic heterocycles. The SMILES string of the molecule is C=CCC1=C(c2cccnn2)OC=CO1. The molecule has 0 bridgehead atoms. The van der Waals surface area contributed by atoms with E-state index in [9.17, 15) is 0 Å². The van der Waals surface area contributed by atoms with Gasteiger partial charge in [-0.2, -0.15) is 5.10 Å². The van der Waals surface area contributed by atoms with Crippen molar-refractivity contribution in [3.63, 3.8) is 0 Å². The van der Waals surface area contributed by atoms with E-state index in [-0.39, 0.29) is 0 Å². The Morgan fingerprint density at radius 3 is 2.93 bits per heavy atom. The molecule has 0 N–H and O–H groups in total. The van der Waals surface area contributed by atoms with Crippen LogP contribution in [0.3, 0.4) is 0 Å². The maximum Gasteiger partial charge on any atom is 0.192 e. The van der Waals surface area contributed by atoms with Crippen LogP contribution in [0.4, 0.5) is 0 Å². The van der Waals surface area contributed by atoms with Gasteiger partial charge in [-0.15, -0.1) is 11.7 Å². The lowest BCUT2D eigenvalue weighted by Gasteiger charge is -2.14. The minimum absolute atomic E-state index is 0.588. The third kappa shape index (κ3) is 2.04. The van der Waals surface area contributed by atoms with E-state index in [1.807, 2.05) is 6.07 Å². The van der Waals surface area contributed by atoms with Crippen molar-refractivity contribution in [3.05, 3.63) is 55.0 Å². The zero-order valence-electron chi connectivity index (χ0n) is 8.09. The van der Waals surface area contributed by atoms with E-state index in [1.54, 1.807) is 18.3 Å². The second-order valence-corrected chi connectivity index (χ2v) is 2.86. The Balaban J connectivity index is 2.35. The molecule has 4 nitrogen and oxygen atoms in total. The molecule has 1 aliphatic rings. The van der Waals surface area contributed by atoms with Crippen LogP contribution in [0, 0.1) is 0 Å². The molecule has 76 valence electrons. The second-order valence-electron chi connectivity index (χ2n) is 2.86. The van der Waals surface area contributed by atoms with E-state index in [4.69, 9.17) is 9.47 Å². The highest BCUT2D eigenvalue weighted by Crippen LogP contribution is 2.25. The molecule has 0 unspecified atom stereocenters. The maximum atomic E-state index is 5.35. The molecule has 4 heteroatoms. The van der Waals surface area contributed by atoms with Gasteiger partial charge in [0.15, 0.2) is 11.5 Å². The molecule has 0 aromatic carbocycles. The van der Waals surface area contributed by atoms with Crippen molar-refractivity contribution in [1.82, 2.24) is 10.2 Å². The van der Waals surface area contributed by atoms with Gasteiger partial charge in [-0.1, -0.05) is 6.08 Å². The van der Waals surface area contributed by atoms with E-state index >= 15 is 0 Å². The van der Waals surface area contributed by atoms with Crippen LogP contribution >= 0.6 is 0 Å². The lowest BCUT2D eigenvalue weighted by molar-refractivity contribution is 0.270. The van der Waals surface area contributed by atoms with E-state index in [0.29, 0.717) is 23.6 Å². The third-order valence-corrected chi connectivity index (χ3v) is 1.84. The molecule has 0 saturated heterocycles. The average Bonchev–Trinajstić information content (AvgIpc) is 2.31. The van der Waals surface area contributed by atoms with E-state index < -0.39 is 0 Å². The molecule has 1 aromatic rings. The Bertz CT molecular complexity index is 406. The quantitative estimate of drug-likeness (QED) is 0.705. The van der Waals surface area contributed by atoms with Crippen LogP contribution in [-0.4, -0.2) is 10.2 Å². The van der Waals surface area contributed by atoms with Gasteiger partial charge in [-0.05, 0) is 12.1 Å². The van der Waals surface area contributed by atoms with Gasteiger partial charge in [0.25, 0.3) is 0 Å². The number of hydrogen-bond acceptors (Lipinski definition) is 4. The number of aromatic nitrogens is 2. The Labute approximate surface area is 87.5 Å². The number of nitrogens with zero attached hydrogens (tertiary/aromatic N) is 2. The predicted octanol–water partition coefficient (Wildman–Crippen LogP) is 2.24. The van der Waals surface area contributed by atoms with Gasteiger partial charge in [-0.3, -0.25) is 0 Å². The first-order valence-corrected chi connectivity index (χ1v) is 4.52. The summed E-state index contributed by atoms with van der Waals surface area (Å²) in [5.74, 6) is 1.28. The molecule has 1 aliphatic heterocycles. The summed E-state index contributed by atoms with van der Waals surface area (Å²) < 4.78 is 10.7. The van der Waals surface area contributed by atoms with Gasteiger partial charge < -0.3 is 9.47 Å². The molecule has 0 radical (unpaired) electrons. The van der Waals surface area contributed by atoms with Gasteiger partial charge in [0.05, 0.1) is 0 Å². The number of ether oxygens (including phenoxy) is 2. The highest BCUT2D eigenvalue weighted by Gasteiger charge is 2.15. The monoisotopic (exact) mass is 202 g/mol. The van der Waals surface area contributed by atoms with Crippen LogP contribution in [0.1, 0.15) is 12.1 Å². The number of allylic oxidation sites excluding steroid dienone is 1. The Morgan fingerprint density at radius 1 is 1.33 bits per heavy atom. The first-order valence-electron chi connectivity index (χ1n) is 4.52. The van der Waals surface area contributed by atoms with Crippen LogP contribution in [0.15, 0.2) is 49.3 Å². The van der Waals surface area contributed by atoms with Crippen LogP contribution in [0.5, 0.6) is 0 Å². The van der Waals surface area contributed by atoms with Crippen molar-refractivity contribution >= 4 is 5.76 Å². The molecule has 2 heterocycles. The number of rotatable bonds is 3. The largest absolute Gasteiger partial charge is 0.462 e. The number of hydrogen-bond donors (Lipinski definition) is 0. The fourth-order valence-electron chi connectivity index (χ4n) is 1.22. The molecule has 2 rings (SSSR count). The molecule has 0 amide bonds. The van der Waals surface area contributed by atoms with Crippen molar-refractivity contribution in [1.29, 1.82) is 0 Å². The van der Waals surface area contributed by atoms with Gasteiger partial charge in [-0.25, -0.2) is 0 Å². The molecular formula is C11H10N2O2. The molecule has 15 heavy (non-hydrogen) atoms. The van der Waals surface area contributed by atoms with Gasteiger partial charge >= 0.3 is 0 Å².